The van der Waals surface area contributed by atoms with Gasteiger partial charge in [-0.3, -0.25) is 0 Å². The Morgan fingerprint density at radius 1 is 1.17 bits per heavy atom. The van der Waals surface area contributed by atoms with Gasteiger partial charge in [0.25, 0.3) is 0 Å². The summed E-state index contributed by atoms with van der Waals surface area (Å²) in [5, 5.41) is 0. The minimum atomic E-state index is -0.514. The summed E-state index contributed by atoms with van der Waals surface area (Å²) in [4.78, 5) is 13.6. The van der Waals surface area contributed by atoms with Crippen molar-refractivity contribution >= 4 is 6.16 Å². The Hall–Kier alpha value is -1.95. The first-order valence-corrected chi connectivity index (χ1v) is 8.59. The van der Waals surface area contributed by atoms with Crippen molar-refractivity contribution < 1.29 is 23.7 Å². The lowest BCUT2D eigenvalue weighted by molar-refractivity contribution is -0.00254. The third-order valence-corrected chi connectivity index (χ3v) is 5.11. The quantitative estimate of drug-likeness (QED) is 0.790. The lowest BCUT2D eigenvalue weighted by Gasteiger charge is -2.37. The second-order valence-corrected chi connectivity index (χ2v) is 7.12. The maximum absolute atomic E-state index is 11.2. The van der Waals surface area contributed by atoms with Gasteiger partial charge in [0.15, 0.2) is 17.1 Å². The van der Waals surface area contributed by atoms with Crippen LogP contribution in [-0.4, -0.2) is 49.7 Å². The molecular weight excluding hydrogens is 310 g/mol. The molecule has 6 nitrogen and oxygen atoms in total. The summed E-state index contributed by atoms with van der Waals surface area (Å²) in [7, 11) is 0. The van der Waals surface area contributed by atoms with Crippen LogP contribution >= 0.6 is 0 Å². The van der Waals surface area contributed by atoms with Crippen LogP contribution in [0.5, 0.6) is 11.5 Å². The standard InChI is InChI=1S/C18H23NO5/c1-13(8-14-2-3-15-16(9-14)23-12-22-15)10-19-6-4-18(5-7-19)11-21-17(20)24-18/h2-3,9,13H,4-8,10-12H2,1H3/t13-/m0/s1. The van der Waals surface area contributed by atoms with Gasteiger partial charge in [-0.05, 0) is 30.0 Å². The predicted molar refractivity (Wildman–Crippen MR) is 86.3 cm³/mol. The Kier molecular flexibility index (Phi) is 4.00. The molecule has 3 aliphatic heterocycles. The zero-order valence-corrected chi connectivity index (χ0v) is 14.0. The number of nitrogens with zero attached hydrogens (tertiary/aromatic N) is 1. The molecule has 1 aromatic rings. The molecule has 1 atom stereocenters. The average molecular weight is 333 g/mol. The third-order valence-electron chi connectivity index (χ3n) is 5.11. The van der Waals surface area contributed by atoms with Crippen LogP contribution < -0.4 is 9.47 Å². The van der Waals surface area contributed by atoms with E-state index < -0.39 is 6.16 Å². The predicted octanol–water partition coefficient (Wildman–Crippen LogP) is 2.60. The number of rotatable bonds is 4. The van der Waals surface area contributed by atoms with Crippen LogP contribution in [0.4, 0.5) is 4.79 Å². The van der Waals surface area contributed by atoms with Gasteiger partial charge >= 0.3 is 6.16 Å². The van der Waals surface area contributed by atoms with Gasteiger partial charge in [0, 0.05) is 32.5 Å². The Labute approximate surface area is 141 Å². The van der Waals surface area contributed by atoms with Gasteiger partial charge in [0.2, 0.25) is 6.79 Å². The van der Waals surface area contributed by atoms with E-state index in [1.54, 1.807) is 0 Å². The molecule has 0 N–H and O–H groups in total. The second-order valence-electron chi connectivity index (χ2n) is 7.12. The van der Waals surface area contributed by atoms with E-state index in [1.165, 1.54) is 5.56 Å². The number of hydrogen-bond acceptors (Lipinski definition) is 6. The first-order valence-electron chi connectivity index (χ1n) is 8.59. The SMILES string of the molecule is C[C@@H](Cc1ccc2c(c1)OCO2)CN1CCC2(CC1)COC(=O)O2. The fraction of sp³-hybridized carbons (Fsp3) is 0.611. The first-order chi connectivity index (χ1) is 11.6. The zero-order valence-electron chi connectivity index (χ0n) is 14.0. The summed E-state index contributed by atoms with van der Waals surface area (Å²) >= 11 is 0. The van der Waals surface area contributed by atoms with Crippen molar-refractivity contribution in [2.24, 2.45) is 5.92 Å². The summed E-state index contributed by atoms with van der Waals surface area (Å²) in [6.07, 6.45) is 2.21. The van der Waals surface area contributed by atoms with Gasteiger partial charge in [0.1, 0.15) is 6.61 Å². The maximum Gasteiger partial charge on any atom is 0.509 e. The van der Waals surface area contributed by atoms with E-state index >= 15 is 0 Å². The Morgan fingerprint density at radius 2 is 1.96 bits per heavy atom. The van der Waals surface area contributed by atoms with E-state index in [9.17, 15) is 4.79 Å². The summed E-state index contributed by atoms with van der Waals surface area (Å²) in [5.41, 5.74) is 0.909. The largest absolute Gasteiger partial charge is 0.509 e. The molecule has 4 rings (SSSR count). The Morgan fingerprint density at radius 3 is 2.71 bits per heavy atom. The lowest BCUT2D eigenvalue weighted by atomic mass is 9.91. The maximum atomic E-state index is 11.2. The number of carbonyl (C=O) groups excluding carboxylic acids is 1. The monoisotopic (exact) mass is 333 g/mol. The van der Waals surface area contributed by atoms with Gasteiger partial charge in [-0.1, -0.05) is 13.0 Å². The van der Waals surface area contributed by atoms with Gasteiger partial charge in [0.05, 0.1) is 0 Å². The molecule has 6 heteroatoms. The number of hydrogen-bond donors (Lipinski definition) is 0. The normalized spacial score (nSPS) is 23.1. The van der Waals surface area contributed by atoms with Gasteiger partial charge in [-0.2, -0.15) is 0 Å². The van der Waals surface area contributed by atoms with Crippen LogP contribution in [0.15, 0.2) is 18.2 Å². The van der Waals surface area contributed by atoms with Gasteiger partial charge in [-0.25, -0.2) is 4.79 Å². The summed E-state index contributed by atoms with van der Waals surface area (Å²) in [5.74, 6) is 2.23. The third kappa shape index (κ3) is 3.15. The van der Waals surface area contributed by atoms with E-state index in [-0.39, 0.29) is 5.60 Å². The highest BCUT2D eigenvalue weighted by Gasteiger charge is 2.44. The highest BCUT2D eigenvalue weighted by molar-refractivity contribution is 5.62. The van der Waals surface area contributed by atoms with Gasteiger partial charge < -0.3 is 23.8 Å². The van der Waals surface area contributed by atoms with Gasteiger partial charge in [-0.15, -0.1) is 0 Å². The highest BCUT2D eigenvalue weighted by Crippen LogP contribution is 2.34. The number of benzene rings is 1. The van der Waals surface area contributed by atoms with Crippen molar-refractivity contribution in [3.05, 3.63) is 23.8 Å². The number of fused-ring (bicyclic) bond motifs is 1. The molecule has 1 spiro atoms. The Balaban J connectivity index is 1.28. The van der Waals surface area contributed by atoms with Crippen molar-refractivity contribution in [1.82, 2.24) is 4.90 Å². The summed E-state index contributed by atoms with van der Waals surface area (Å²) < 4.78 is 21.1. The molecule has 0 amide bonds. The number of carbonyl (C=O) groups is 1. The number of cyclic esters (lactones) is 1. The average Bonchev–Trinajstić information content (AvgIpc) is 3.16. The smallest absolute Gasteiger partial charge is 0.454 e. The van der Waals surface area contributed by atoms with Crippen LogP contribution in [-0.2, 0) is 15.9 Å². The molecule has 2 fully saturated rings. The fourth-order valence-electron chi connectivity index (χ4n) is 3.79. The fourth-order valence-corrected chi connectivity index (χ4v) is 3.79. The molecule has 24 heavy (non-hydrogen) atoms. The second kappa shape index (κ2) is 6.16. The highest BCUT2D eigenvalue weighted by atomic mass is 16.8. The Bertz CT molecular complexity index is 624. The van der Waals surface area contributed by atoms with Crippen LogP contribution in [0, 0.1) is 5.92 Å². The van der Waals surface area contributed by atoms with Crippen molar-refractivity contribution in [3.63, 3.8) is 0 Å². The molecule has 0 aliphatic carbocycles. The van der Waals surface area contributed by atoms with Crippen molar-refractivity contribution in [2.45, 2.75) is 31.8 Å². The molecule has 0 saturated carbocycles. The molecule has 2 saturated heterocycles. The number of likely N-dealkylation sites (tertiary alicyclic amines) is 1. The van der Waals surface area contributed by atoms with E-state index in [0.717, 1.165) is 50.4 Å². The van der Waals surface area contributed by atoms with Crippen LogP contribution in [0.3, 0.4) is 0 Å². The minimum Gasteiger partial charge on any atom is -0.454 e. The molecule has 130 valence electrons. The van der Waals surface area contributed by atoms with E-state index in [2.05, 4.69) is 24.0 Å². The lowest BCUT2D eigenvalue weighted by Crippen LogP contribution is -2.47. The number of ether oxygens (including phenoxy) is 4. The van der Waals surface area contributed by atoms with E-state index in [1.807, 2.05) is 6.07 Å². The molecule has 3 aliphatic rings. The van der Waals surface area contributed by atoms with E-state index in [4.69, 9.17) is 18.9 Å². The zero-order chi connectivity index (χ0) is 16.6. The van der Waals surface area contributed by atoms with Crippen molar-refractivity contribution in [3.8, 4) is 11.5 Å². The molecule has 0 radical (unpaired) electrons. The number of piperidine rings is 1. The summed E-state index contributed by atoms with van der Waals surface area (Å²) in [6.45, 7) is 5.93. The molecule has 0 aromatic heterocycles. The first kappa shape index (κ1) is 15.6. The topological polar surface area (TPSA) is 57.2 Å². The molecule has 0 unspecified atom stereocenters. The van der Waals surface area contributed by atoms with E-state index in [0.29, 0.717) is 19.3 Å². The molecule has 0 bridgehead atoms. The van der Waals surface area contributed by atoms with Crippen molar-refractivity contribution in [2.75, 3.05) is 33.0 Å². The molecule has 3 heterocycles. The molecule has 1 aromatic carbocycles. The van der Waals surface area contributed by atoms with Crippen LogP contribution in [0.2, 0.25) is 0 Å². The molecular formula is C18H23NO5. The van der Waals surface area contributed by atoms with Crippen molar-refractivity contribution in [1.29, 1.82) is 0 Å². The minimum absolute atomic E-state index is 0.318. The van der Waals surface area contributed by atoms with Crippen LogP contribution in [0.25, 0.3) is 0 Å². The van der Waals surface area contributed by atoms with Crippen LogP contribution in [0.1, 0.15) is 25.3 Å². The summed E-state index contributed by atoms with van der Waals surface area (Å²) in [6, 6.07) is 6.19.